The molecule has 0 aromatic heterocycles. The fraction of sp³-hybridized carbons (Fsp3) is 0.348. The smallest absolute Gasteiger partial charge is 0.251 e. The minimum Gasteiger partial charge on any atom is -0.376 e. The molecule has 0 radical (unpaired) electrons. The van der Waals surface area contributed by atoms with Crippen LogP contribution in [0.2, 0.25) is 0 Å². The van der Waals surface area contributed by atoms with Crippen molar-refractivity contribution in [1.29, 1.82) is 0 Å². The second kappa shape index (κ2) is 11.0. The van der Waals surface area contributed by atoms with Gasteiger partial charge in [-0.3, -0.25) is 14.4 Å². The highest BCUT2D eigenvalue weighted by atomic mass is 16.2. The Morgan fingerprint density at radius 1 is 0.933 bits per heavy atom. The summed E-state index contributed by atoms with van der Waals surface area (Å²) in [7, 11) is 0. The summed E-state index contributed by atoms with van der Waals surface area (Å²) in [6.45, 7) is 7.70. The van der Waals surface area contributed by atoms with E-state index < -0.39 is 0 Å². The lowest BCUT2D eigenvalue weighted by Gasteiger charge is -2.13. The molecule has 1 atom stereocenters. The first-order chi connectivity index (χ1) is 14.3. The van der Waals surface area contributed by atoms with Crippen LogP contribution in [0.15, 0.2) is 42.5 Å². The van der Waals surface area contributed by atoms with Crippen molar-refractivity contribution in [1.82, 2.24) is 5.32 Å². The first kappa shape index (κ1) is 22.9. The van der Waals surface area contributed by atoms with E-state index in [1.165, 1.54) is 0 Å². The van der Waals surface area contributed by atoms with Crippen molar-refractivity contribution in [3.05, 3.63) is 53.6 Å². The third kappa shape index (κ3) is 6.92. The number of aryl methyl sites for hydroxylation is 1. The van der Waals surface area contributed by atoms with Gasteiger partial charge in [0.2, 0.25) is 11.8 Å². The SMILES string of the molecule is CCC(=O)Nc1cc(NCC(=O)Nc2cccc(C(=O)NC(C)CC)c2)ccc1C. The Hall–Kier alpha value is -3.35. The van der Waals surface area contributed by atoms with Crippen LogP contribution in [0.1, 0.15) is 49.5 Å². The highest BCUT2D eigenvalue weighted by Gasteiger charge is 2.10. The topological polar surface area (TPSA) is 99.3 Å². The normalized spacial score (nSPS) is 11.3. The highest BCUT2D eigenvalue weighted by Crippen LogP contribution is 2.20. The van der Waals surface area contributed by atoms with Crippen LogP contribution in [0.3, 0.4) is 0 Å². The number of benzene rings is 2. The van der Waals surface area contributed by atoms with Crippen molar-refractivity contribution in [3.8, 4) is 0 Å². The molecule has 0 heterocycles. The average Bonchev–Trinajstić information content (AvgIpc) is 2.74. The molecule has 7 nitrogen and oxygen atoms in total. The second-order valence-electron chi connectivity index (χ2n) is 7.20. The zero-order chi connectivity index (χ0) is 22.1. The van der Waals surface area contributed by atoms with Gasteiger partial charge in [-0.2, -0.15) is 0 Å². The summed E-state index contributed by atoms with van der Waals surface area (Å²) in [6, 6.07) is 12.5. The molecule has 3 amide bonds. The largest absolute Gasteiger partial charge is 0.376 e. The van der Waals surface area contributed by atoms with Crippen molar-refractivity contribution in [3.63, 3.8) is 0 Å². The van der Waals surface area contributed by atoms with Gasteiger partial charge >= 0.3 is 0 Å². The maximum absolute atomic E-state index is 12.3. The van der Waals surface area contributed by atoms with E-state index in [1.54, 1.807) is 37.3 Å². The van der Waals surface area contributed by atoms with Gasteiger partial charge in [-0.05, 0) is 56.2 Å². The summed E-state index contributed by atoms with van der Waals surface area (Å²) in [6.07, 6.45) is 1.24. The van der Waals surface area contributed by atoms with Crippen LogP contribution in [0, 0.1) is 6.92 Å². The Morgan fingerprint density at radius 3 is 2.40 bits per heavy atom. The van der Waals surface area contributed by atoms with E-state index in [9.17, 15) is 14.4 Å². The predicted octanol–water partition coefficient (Wildman–Crippen LogP) is 3.92. The molecule has 0 aliphatic rings. The van der Waals surface area contributed by atoms with Crippen LogP contribution in [0.4, 0.5) is 17.1 Å². The van der Waals surface area contributed by atoms with E-state index in [2.05, 4.69) is 21.3 Å². The van der Waals surface area contributed by atoms with Crippen LogP contribution < -0.4 is 21.3 Å². The van der Waals surface area contributed by atoms with Gasteiger partial charge in [0.15, 0.2) is 0 Å². The monoisotopic (exact) mass is 410 g/mol. The fourth-order valence-corrected chi connectivity index (χ4v) is 2.64. The van der Waals surface area contributed by atoms with Crippen LogP contribution in [0.25, 0.3) is 0 Å². The van der Waals surface area contributed by atoms with Crippen LogP contribution >= 0.6 is 0 Å². The molecular weight excluding hydrogens is 380 g/mol. The Balaban J connectivity index is 1.95. The molecule has 160 valence electrons. The van der Waals surface area contributed by atoms with Crippen LogP contribution in [-0.2, 0) is 9.59 Å². The first-order valence-corrected chi connectivity index (χ1v) is 10.2. The van der Waals surface area contributed by atoms with E-state index in [1.807, 2.05) is 32.9 Å². The summed E-state index contributed by atoms with van der Waals surface area (Å²) >= 11 is 0. The van der Waals surface area contributed by atoms with Gasteiger partial charge in [0.1, 0.15) is 0 Å². The highest BCUT2D eigenvalue weighted by molar-refractivity contribution is 5.98. The Morgan fingerprint density at radius 2 is 1.70 bits per heavy atom. The summed E-state index contributed by atoms with van der Waals surface area (Å²) in [5.41, 5.74) is 3.43. The second-order valence-corrected chi connectivity index (χ2v) is 7.20. The number of hydrogen-bond donors (Lipinski definition) is 4. The molecule has 0 spiro atoms. The van der Waals surface area contributed by atoms with Crippen molar-refractivity contribution in [2.75, 3.05) is 22.5 Å². The summed E-state index contributed by atoms with van der Waals surface area (Å²) in [4.78, 5) is 36.2. The number of carbonyl (C=O) groups excluding carboxylic acids is 3. The summed E-state index contributed by atoms with van der Waals surface area (Å²) in [5, 5.41) is 11.6. The lowest BCUT2D eigenvalue weighted by Crippen LogP contribution is -2.32. The molecule has 0 saturated carbocycles. The van der Waals surface area contributed by atoms with E-state index >= 15 is 0 Å². The van der Waals surface area contributed by atoms with Gasteiger partial charge in [-0.15, -0.1) is 0 Å². The predicted molar refractivity (Wildman–Crippen MR) is 121 cm³/mol. The molecule has 7 heteroatoms. The maximum Gasteiger partial charge on any atom is 0.251 e. The Labute approximate surface area is 177 Å². The quantitative estimate of drug-likeness (QED) is 0.503. The van der Waals surface area contributed by atoms with E-state index in [0.29, 0.717) is 23.4 Å². The number of amides is 3. The minimum absolute atomic E-state index is 0.0491. The van der Waals surface area contributed by atoms with Gasteiger partial charge < -0.3 is 21.3 Å². The molecular formula is C23H30N4O3. The third-order valence-electron chi connectivity index (χ3n) is 4.68. The lowest BCUT2D eigenvalue weighted by atomic mass is 10.1. The van der Waals surface area contributed by atoms with Gasteiger partial charge in [-0.1, -0.05) is 26.0 Å². The molecule has 0 saturated heterocycles. The maximum atomic E-state index is 12.3. The molecule has 0 fully saturated rings. The Kier molecular flexibility index (Phi) is 8.41. The van der Waals surface area contributed by atoms with Gasteiger partial charge in [0.25, 0.3) is 5.91 Å². The molecule has 2 aromatic rings. The standard InChI is InChI=1S/C23H30N4O3/c1-5-16(4)25-23(30)17-8-7-9-19(12-17)26-22(29)14-24-18-11-10-15(3)20(13-18)27-21(28)6-2/h7-13,16,24H,5-6,14H2,1-4H3,(H,25,30)(H,26,29)(H,27,28). The van der Waals surface area contributed by atoms with Crippen molar-refractivity contribution in [2.45, 2.75) is 46.6 Å². The molecule has 30 heavy (non-hydrogen) atoms. The number of carbonyl (C=O) groups is 3. The number of rotatable bonds is 9. The van der Waals surface area contributed by atoms with E-state index in [0.717, 1.165) is 17.7 Å². The van der Waals surface area contributed by atoms with Crippen LogP contribution in [0.5, 0.6) is 0 Å². The van der Waals surface area contributed by atoms with Crippen molar-refractivity contribution in [2.24, 2.45) is 0 Å². The van der Waals surface area contributed by atoms with E-state index in [-0.39, 0.29) is 30.3 Å². The molecule has 0 bridgehead atoms. The molecule has 0 aliphatic heterocycles. The van der Waals surface area contributed by atoms with Gasteiger partial charge in [0.05, 0.1) is 6.54 Å². The first-order valence-electron chi connectivity index (χ1n) is 10.2. The average molecular weight is 411 g/mol. The molecule has 1 unspecified atom stereocenters. The van der Waals surface area contributed by atoms with Crippen molar-refractivity contribution >= 4 is 34.8 Å². The minimum atomic E-state index is -0.241. The van der Waals surface area contributed by atoms with Crippen molar-refractivity contribution < 1.29 is 14.4 Å². The lowest BCUT2D eigenvalue weighted by molar-refractivity contribution is -0.116. The zero-order valence-corrected chi connectivity index (χ0v) is 18.0. The van der Waals surface area contributed by atoms with Crippen LogP contribution in [-0.4, -0.2) is 30.3 Å². The summed E-state index contributed by atoms with van der Waals surface area (Å²) in [5.74, 6) is -0.473. The number of hydrogen-bond acceptors (Lipinski definition) is 4. The third-order valence-corrected chi connectivity index (χ3v) is 4.68. The Bertz CT molecular complexity index is 911. The fourth-order valence-electron chi connectivity index (χ4n) is 2.64. The molecule has 2 aromatic carbocycles. The van der Waals surface area contributed by atoms with Gasteiger partial charge in [0, 0.05) is 35.1 Å². The molecule has 4 N–H and O–H groups in total. The number of anilines is 3. The van der Waals surface area contributed by atoms with E-state index in [4.69, 9.17) is 0 Å². The number of nitrogens with one attached hydrogen (secondary N) is 4. The molecule has 2 rings (SSSR count). The summed E-state index contributed by atoms with van der Waals surface area (Å²) < 4.78 is 0. The zero-order valence-electron chi connectivity index (χ0n) is 18.0. The molecule has 0 aliphatic carbocycles. The van der Waals surface area contributed by atoms with Gasteiger partial charge in [-0.25, -0.2) is 0 Å².